The van der Waals surface area contributed by atoms with Gasteiger partial charge in [-0.1, -0.05) is 0 Å². The molecule has 4 rings (SSSR count). The Morgan fingerprint density at radius 3 is 2.59 bits per heavy atom. The minimum atomic E-state index is 0.112. The van der Waals surface area contributed by atoms with Gasteiger partial charge in [0.15, 0.2) is 0 Å². The molecule has 2 aromatic heterocycles. The van der Waals surface area contributed by atoms with Crippen molar-refractivity contribution >= 4 is 39.1 Å². The Labute approximate surface area is 168 Å². The molecule has 1 aromatic carbocycles. The minimum Gasteiger partial charge on any atom is -0.379 e. The molecule has 0 aliphatic carbocycles. The van der Waals surface area contributed by atoms with Crippen molar-refractivity contribution in [2.75, 3.05) is 39.1 Å². The molecule has 3 heterocycles. The van der Waals surface area contributed by atoms with Crippen molar-refractivity contribution in [2.24, 2.45) is 0 Å². The van der Waals surface area contributed by atoms with Crippen molar-refractivity contribution < 1.29 is 9.53 Å². The van der Waals surface area contributed by atoms with Crippen LogP contribution in [0.15, 0.2) is 41.3 Å². The van der Waals surface area contributed by atoms with Gasteiger partial charge in [0, 0.05) is 47.7 Å². The van der Waals surface area contributed by atoms with Crippen molar-refractivity contribution in [1.29, 1.82) is 0 Å². The fourth-order valence-corrected chi connectivity index (χ4v) is 5.11. The predicted octanol–water partition coefficient (Wildman–Crippen LogP) is 4.30. The number of aromatic nitrogens is 1. The molecule has 3 aromatic rings. The average molecular weight is 401 g/mol. The summed E-state index contributed by atoms with van der Waals surface area (Å²) in [5, 5.41) is 1.17. The van der Waals surface area contributed by atoms with Gasteiger partial charge in [-0.2, -0.15) is 0 Å². The second-order valence-electron chi connectivity index (χ2n) is 6.82. The van der Waals surface area contributed by atoms with Crippen molar-refractivity contribution in [3.63, 3.8) is 0 Å². The van der Waals surface area contributed by atoms with Gasteiger partial charge in [-0.15, -0.1) is 23.1 Å². The van der Waals surface area contributed by atoms with Crippen LogP contribution in [0.3, 0.4) is 0 Å². The molecule has 6 heteroatoms. The lowest BCUT2D eigenvalue weighted by molar-refractivity contribution is 0.0365. The lowest BCUT2D eigenvalue weighted by Crippen LogP contribution is -2.38. The van der Waals surface area contributed by atoms with Crippen LogP contribution in [-0.4, -0.2) is 54.4 Å². The van der Waals surface area contributed by atoms with E-state index < -0.39 is 0 Å². The van der Waals surface area contributed by atoms with Crippen LogP contribution < -0.4 is 0 Å². The van der Waals surface area contributed by atoms with Crippen molar-refractivity contribution in [3.8, 4) is 0 Å². The van der Waals surface area contributed by atoms with E-state index in [0.29, 0.717) is 0 Å². The first-order valence-electron chi connectivity index (χ1n) is 9.24. The molecule has 1 fully saturated rings. The van der Waals surface area contributed by atoms with E-state index in [-0.39, 0.29) is 5.78 Å². The highest BCUT2D eigenvalue weighted by Crippen LogP contribution is 2.31. The van der Waals surface area contributed by atoms with E-state index in [2.05, 4.69) is 22.5 Å². The maximum Gasteiger partial charge on any atom is 0.203 e. The number of aryl methyl sites for hydroxylation is 1. The van der Waals surface area contributed by atoms with E-state index in [1.807, 2.05) is 36.6 Å². The molecule has 0 radical (unpaired) electrons. The second kappa shape index (κ2) is 8.19. The summed E-state index contributed by atoms with van der Waals surface area (Å²) in [4.78, 5) is 18.5. The van der Waals surface area contributed by atoms with Gasteiger partial charge in [0.25, 0.3) is 0 Å². The first kappa shape index (κ1) is 18.7. The summed E-state index contributed by atoms with van der Waals surface area (Å²) in [6.07, 6.45) is 2.04. The number of fused-ring (bicyclic) bond motifs is 1. The molecule has 4 nitrogen and oxygen atoms in total. The fourth-order valence-electron chi connectivity index (χ4n) is 3.51. The molecule has 0 saturated carbocycles. The molecule has 1 aliphatic rings. The Balaban J connectivity index is 1.54. The molecule has 0 N–H and O–H groups in total. The van der Waals surface area contributed by atoms with Crippen LogP contribution >= 0.6 is 23.1 Å². The van der Waals surface area contributed by atoms with Crippen LogP contribution in [0.25, 0.3) is 10.2 Å². The molecule has 1 saturated heterocycles. The van der Waals surface area contributed by atoms with Crippen LogP contribution in [0.4, 0.5) is 0 Å². The Bertz CT molecular complexity index is 937. The van der Waals surface area contributed by atoms with E-state index >= 15 is 0 Å². The Morgan fingerprint density at radius 1 is 1.15 bits per heavy atom. The normalized spacial score (nSPS) is 15.5. The summed E-state index contributed by atoms with van der Waals surface area (Å²) < 4.78 is 7.78. The Hall–Kier alpha value is -1.60. The third-order valence-electron chi connectivity index (χ3n) is 5.10. The number of hydrogen-bond donors (Lipinski definition) is 0. The van der Waals surface area contributed by atoms with Gasteiger partial charge < -0.3 is 9.30 Å². The van der Waals surface area contributed by atoms with Crippen molar-refractivity contribution in [1.82, 2.24) is 9.47 Å². The summed E-state index contributed by atoms with van der Waals surface area (Å²) in [5.74, 6) is 0.112. The topological polar surface area (TPSA) is 34.5 Å². The Kier molecular flexibility index (Phi) is 5.68. The van der Waals surface area contributed by atoms with E-state index in [1.54, 1.807) is 23.1 Å². The fraction of sp³-hybridized carbons (Fsp3) is 0.381. The third kappa shape index (κ3) is 3.99. The Morgan fingerprint density at radius 2 is 1.89 bits per heavy atom. The summed E-state index contributed by atoms with van der Waals surface area (Å²) in [6, 6.07) is 12.1. The molecular formula is C21H24N2O2S2. The number of hydrogen-bond acceptors (Lipinski definition) is 5. The van der Waals surface area contributed by atoms with Crippen LogP contribution in [0.1, 0.15) is 20.9 Å². The van der Waals surface area contributed by atoms with Gasteiger partial charge in [0.05, 0.1) is 18.1 Å². The number of thioether (sulfide) groups is 1. The summed E-state index contributed by atoms with van der Waals surface area (Å²) in [5.41, 5.74) is 2.01. The van der Waals surface area contributed by atoms with E-state index in [1.165, 1.54) is 20.8 Å². The minimum absolute atomic E-state index is 0.112. The number of carbonyl (C=O) groups excluding carboxylic acids is 1. The van der Waals surface area contributed by atoms with Crippen LogP contribution in [-0.2, 0) is 11.3 Å². The van der Waals surface area contributed by atoms with Gasteiger partial charge in [-0.25, -0.2) is 0 Å². The number of morpholine rings is 1. The molecular weight excluding hydrogens is 376 g/mol. The van der Waals surface area contributed by atoms with Gasteiger partial charge in [0.1, 0.15) is 4.83 Å². The van der Waals surface area contributed by atoms with Gasteiger partial charge >= 0.3 is 0 Å². The smallest absolute Gasteiger partial charge is 0.203 e. The van der Waals surface area contributed by atoms with Gasteiger partial charge in [0.2, 0.25) is 5.78 Å². The van der Waals surface area contributed by atoms with E-state index in [0.717, 1.165) is 49.8 Å². The molecule has 0 amide bonds. The number of carbonyl (C=O) groups is 1. The van der Waals surface area contributed by atoms with Crippen molar-refractivity contribution in [2.45, 2.75) is 18.4 Å². The van der Waals surface area contributed by atoms with Gasteiger partial charge in [-0.05, 0) is 49.6 Å². The first-order chi connectivity index (χ1) is 13.2. The molecule has 142 valence electrons. The van der Waals surface area contributed by atoms with Crippen LogP contribution in [0.5, 0.6) is 0 Å². The number of benzene rings is 1. The zero-order chi connectivity index (χ0) is 18.8. The highest BCUT2D eigenvalue weighted by atomic mass is 32.2. The zero-order valence-electron chi connectivity index (χ0n) is 15.7. The largest absolute Gasteiger partial charge is 0.379 e. The number of nitrogens with zero attached hydrogens (tertiary/aromatic N) is 2. The van der Waals surface area contributed by atoms with Gasteiger partial charge in [-0.3, -0.25) is 9.69 Å². The van der Waals surface area contributed by atoms with Crippen LogP contribution in [0, 0.1) is 6.92 Å². The number of ether oxygens (including phenoxy) is 1. The van der Waals surface area contributed by atoms with E-state index in [4.69, 9.17) is 4.74 Å². The zero-order valence-corrected chi connectivity index (χ0v) is 17.4. The molecule has 0 bridgehead atoms. The summed E-state index contributed by atoms with van der Waals surface area (Å²) >= 11 is 3.30. The predicted molar refractivity (Wildman–Crippen MR) is 113 cm³/mol. The highest BCUT2D eigenvalue weighted by Gasteiger charge is 2.17. The SMILES string of the molecule is CSc1ccc(C(=O)c2cc3cc(C)n(CCN4CCOCC4)c3s2)cc1. The number of ketones is 1. The maximum absolute atomic E-state index is 12.9. The lowest BCUT2D eigenvalue weighted by Gasteiger charge is -2.26. The molecule has 0 spiro atoms. The number of thiophene rings is 1. The summed E-state index contributed by atoms with van der Waals surface area (Å²) in [6.45, 7) is 7.78. The lowest BCUT2D eigenvalue weighted by atomic mass is 10.1. The molecule has 0 atom stereocenters. The van der Waals surface area contributed by atoms with Crippen molar-refractivity contribution in [3.05, 3.63) is 52.5 Å². The highest BCUT2D eigenvalue weighted by molar-refractivity contribution is 7.98. The molecule has 1 aliphatic heterocycles. The number of rotatable bonds is 6. The first-order valence-corrected chi connectivity index (χ1v) is 11.3. The van der Waals surface area contributed by atoms with E-state index in [9.17, 15) is 4.79 Å². The quantitative estimate of drug-likeness (QED) is 0.456. The molecule has 0 unspecified atom stereocenters. The standard InChI is InChI=1S/C21H24N2O2S2/c1-15-13-17-14-19(20(24)16-3-5-18(26-2)6-4-16)27-21(17)23(15)8-7-22-9-11-25-12-10-22/h3-6,13-14H,7-12H2,1-2H3. The molecule has 27 heavy (non-hydrogen) atoms. The maximum atomic E-state index is 12.9. The third-order valence-corrected chi connectivity index (χ3v) is 7.01. The van der Waals surface area contributed by atoms with Crippen LogP contribution in [0.2, 0.25) is 0 Å². The average Bonchev–Trinajstić information content (AvgIpc) is 3.24. The summed E-state index contributed by atoms with van der Waals surface area (Å²) in [7, 11) is 0. The monoisotopic (exact) mass is 400 g/mol. The second-order valence-corrected chi connectivity index (χ2v) is 8.73.